The molecule has 2 heteroatoms. The van der Waals surface area contributed by atoms with Crippen LogP contribution in [0, 0.1) is 22.2 Å². The molecule has 1 atom stereocenters. The Labute approximate surface area is 92.7 Å². The van der Waals surface area contributed by atoms with E-state index in [0.29, 0.717) is 12.2 Å². The number of hydrogen-bond acceptors (Lipinski definition) is 2. The van der Waals surface area contributed by atoms with E-state index in [1.54, 1.807) is 0 Å². The molecule has 1 aliphatic rings. The van der Waals surface area contributed by atoms with Crippen LogP contribution in [0.25, 0.3) is 0 Å². The number of nitrogens with zero attached hydrogens (tertiary/aromatic N) is 1. The number of carbonyl (C=O) groups excluding carboxylic acids is 1. The quantitative estimate of drug-likeness (QED) is 0.708. The molecule has 2 nitrogen and oxygen atoms in total. The molecule has 0 saturated heterocycles. The summed E-state index contributed by atoms with van der Waals surface area (Å²) in [6, 6.07) is 2.15. The maximum absolute atomic E-state index is 12.0. The lowest BCUT2D eigenvalue weighted by atomic mass is 9.75. The molecule has 0 spiro atoms. The Hall–Kier alpha value is -0.840. The lowest BCUT2D eigenvalue weighted by Crippen LogP contribution is -2.22. The van der Waals surface area contributed by atoms with E-state index in [9.17, 15) is 4.79 Å². The van der Waals surface area contributed by atoms with Gasteiger partial charge in [0, 0.05) is 18.3 Å². The van der Waals surface area contributed by atoms with E-state index in [2.05, 4.69) is 19.9 Å². The van der Waals surface area contributed by atoms with Crippen molar-refractivity contribution in [1.82, 2.24) is 0 Å². The van der Waals surface area contributed by atoms with Crippen LogP contribution in [0.15, 0.2) is 0 Å². The molecule has 1 rings (SSSR count). The fourth-order valence-corrected chi connectivity index (χ4v) is 2.85. The van der Waals surface area contributed by atoms with Gasteiger partial charge in [-0.25, -0.2) is 0 Å². The van der Waals surface area contributed by atoms with Gasteiger partial charge in [-0.15, -0.1) is 0 Å². The van der Waals surface area contributed by atoms with E-state index in [0.717, 1.165) is 32.1 Å². The van der Waals surface area contributed by atoms with Gasteiger partial charge in [0.1, 0.15) is 5.78 Å². The maximum Gasteiger partial charge on any atom is 0.139 e. The lowest BCUT2D eigenvalue weighted by Gasteiger charge is -2.28. The highest BCUT2D eigenvalue weighted by atomic mass is 16.1. The van der Waals surface area contributed by atoms with Crippen molar-refractivity contribution in [3.8, 4) is 6.07 Å². The van der Waals surface area contributed by atoms with E-state index in [4.69, 9.17) is 5.26 Å². The highest BCUT2D eigenvalue weighted by Gasteiger charge is 2.49. The second-order valence-corrected chi connectivity index (χ2v) is 5.20. The molecule has 0 heterocycles. The van der Waals surface area contributed by atoms with Crippen LogP contribution in [-0.2, 0) is 4.79 Å². The van der Waals surface area contributed by atoms with Gasteiger partial charge in [0.25, 0.3) is 0 Å². The molecule has 0 aromatic rings. The zero-order valence-electron chi connectivity index (χ0n) is 10.1. The summed E-state index contributed by atoms with van der Waals surface area (Å²) in [5, 5.41) is 8.61. The smallest absolute Gasteiger partial charge is 0.139 e. The number of rotatable bonds is 4. The third-order valence-corrected chi connectivity index (χ3v) is 4.26. The topological polar surface area (TPSA) is 40.9 Å². The molecule has 84 valence electrons. The van der Waals surface area contributed by atoms with Crippen molar-refractivity contribution in [3.63, 3.8) is 0 Å². The number of nitriles is 1. The van der Waals surface area contributed by atoms with Crippen LogP contribution < -0.4 is 0 Å². The van der Waals surface area contributed by atoms with Crippen molar-refractivity contribution < 1.29 is 4.79 Å². The molecule has 0 aromatic carbocycles. The Morgan fingerprint density at radius 2 is 2.00 bits per heavy atom. The average molecular weight is 207 g/mol. The molecule has 15 heavy (non-hydrogen) atoms. The predicted molar refractivity (Wildman–Crippen MR) is 60.2 cm³/mol. The molecular weight excluding hydrogens is 186 g/mol. The minimum atomic E-state index is -0.220. The van der Waals surface area contributed by atoms with Crippen LogP contribution in [0.3, 0.4) is 0 Å². The molecule has 0 bridgehead atoms. The van der Waals surface area contributed by atoms with Crippen LogP contribution in [0.4, 0.5) is 0 Å². The first-order chi connectivity index (χ1) is 7.02. The van der Waals surface area contributed by atoms with Crippen molar-refractivity contribution in [2.75, 3.05) is 0 Å². The first kappa shape index (κ1) is 12.2. The van der Waals surface area contributed by atoms with Crippen molar-refractivity contribution in [2.45, 2.75) is 59.3 Å². The minimum Gasteiger partial charge on any atom is -0.299 e. The number of carbonyl (C=O) groups is 1. The van der Waals surface area contributed by atoms with Gasteiger partial charge < -0.3 is 0 Å². The summed E-state index contributed by atoms with van der Waals surface area (Å²) < 4.78 is 0. The molecule has 0 radical (unpaired) electrons. The van der Waals surface area contributed by atoms with Crippen molar-refractivity contribution in [2.24, 2.45) is 10.8 Å². The van der Waals surface area contributed by atoms with Crippen LogP contribution in [-0.4, -0.2) is 5.78 Å². The van der Waals surface area contributed by atoms with Gasteiger partial charge in [-0.05, 0) is 18.3 Å². The second-order valence-electron chi connectivity index (χ2n) is 5.20. The van der Waals surface area contributed by atoms with Gasteiger partial charge in [0.15, 0.2) is 0 Å². The summed E-state index contributed by atoms with van der Waals surface area (Å²) in [5.41, 5.74) is 0.00301. The summed E-state index contributed by atoms with van der Waals surface area (Å²) in [6.45, 7) is 6.39. The Morgan fingerprint density at radius 1 is 1.40 bits per heavy atom. The molecule has 1 aliphatic carbocycles. The van der Waals surface area contributed by atoms with Crippen molar-refractivity contribution in [1.29, 1.82) is 5.26 Å². The predicted octanol–water partition coefficient (Wildman–Crippen LogP) is 3.47. The molecular formula is C13H21NO. The Morgan fingerprint density at radius 3 is 2.40 bits per heavy atom. The SMILES string of the molecule is CCC1(CC)CC(=O)C(C)(CCC#N)C1. The van der Waals surface area contributed by atoms with Crippen LogP contribution in [0.2, 0.25) is 0 Å². The molecule has 0 N–H and O–H groups in total. The van der Waals surface area contributed by atoms with Crippen molar-refractivity contribution >= 4 is 5.78 Å². The third-order valence-electron chi connectivity index (χ3n) is 4.26. The second kappa shape index (κ2) is 4.35. The van der Waals surface area contributed by atoms with Gasteiger partial charge >= 0.3 is 0 Å². The van der Waals surface area contributed by atoms with E-state index < -0.39 is 0 Å². The average Bonchev–Trinajstić information content (AvgIpc) is 2.50. The highest BCUT2D eigenvalue weighted by molar-refractivity contribution is 5.87. The van der Waals surface area contributed by atoms with Gasteiger partial charge in [0.2, 0.25) is 0 Å². The van der Waals surface area contributed by atoms with E-state index in [1.807, 2.05) is 6.92 Å². The highest BCUT2D eigenvalue weighted by Crippen LogP contribution is 2.52. The number of Topliss-reactive ketones (excluding diaryl/α,β-unsaturated/α-hetero) is 1. The van der Waals surface area contributed by atoms with Crippen LogP contribution in [0.1, 0.15) is 59.3 Å². The van der Waals surface area contributed by atoms with E-state index >= 15 is 0 Å². The van der Waals surface area contributed by atoms with Crippen molar-refractivity contribution in [3.05, 3.63) is 0 Å². The normalized spacial score (nSPS) is 29.1. The van der Waals surface area contributed by atoms with Crippen LogP contribution in [0.5, 0.6) is 0 Å². The van der Waals surface area contributed by atoms with Crippen LogP contribution >= 0.6 is 0 Å². The van der Waals surface area contributed by atoms with Gasteiger partial charge in [-0.2, -0.15) is 5.26 Å². The summed E-state index contributed by atoms with van der Waals surface area (Å²) in [7, 11) is 0. The fourth-order valence-electron chi connectivity index (χ4n) is 2.85. The Balaban J connectivity index is 2.79. The molecule has 0 aliphatic heterocycles. The Bertz CT molecular complexity index is 285. The Kier molecular flexibility index (Phi) is 3.54. The molecule has 0 amide bonds. The zero-order chi connectivity index (χ0) is 11.5. The first-order valence-corrected chi connectivity index (χ1v) is 5.92. The first-order valence-electron chi connectivity index (χ1n) is 5.92. The lowest BCUT2D eigenvalue weighted by molar-refractivity contribution is -0.125. The van der Waals surface area contributed by atoms with Gasteiger partial charge in [0.05, 0.1) is 6.07 Å². The molecule has 1 saturated carbocycles. The van der Waals surface area contributed by atoms with E-state index in [-0.39, 0.29) is 10.8 Å². The standard InChI is InChI=1S/C13H21NO/c1-4-13(5-2)9-11(15)12(3,10-13)7-6-8-14/h4-7,9-10H2,1-3H3. The zero-order valence-corrected chi connectivity index (χ0v) is 10.1. The molecule has 1 unspecified atom stereocenters. The summed E-state index contributed by atoms with van der Waals surface area (Å²) >= 11 is 0. The largest absolute Gasteiger partial charge is 0.299 e. The summed E-state index contributed by atoms with van der Waals surface area (Å²) in [6.07, 6.45) is 5.11. The monoisotopic (exact) mass is 207 g/mol. The molecule has 0 aromatic heterocycles. The molecule has 1 fully saturated rings. The van der Waals surface area contributed by atoms with Gasteiger partial charge in [-0.1, -0.05) is 33.6 Å². The van der Waals surface area contributed by atoms with Gasteiger partial charge in [-0.3, -0.25) is 4.79 Å². The van der Waals surface area contributed by atoms with E-state index in [1.165, 1.54) is 0 Å². The third kappa shape index (κ3) is 2.22. The maximum atomic E-state index is 12.0. The minimum absolute atomic E-state index is 0.220. The summed E-state index contributed by atoms with van der Waals surface area (Å²) in [5.74, 6) is 0.376. The number of ketones is 1. The summed E-state index contributed by atoms with van der Waals surface area (Å²) in [4.78, 5) is 12.0. The fraction of sp³-hybridized carbons (Fsp3) is 0.846. The number of hydrogen-bond donors (Lipinski definition) is 0.